The minimum atomic E-state index is -0.0456. The number of thiophene rings is 1. The zero-order valence-electron chi connectivity index (χ0n) is 9.63. The molecule has 1 aromatic heterocycles. The van der Waals surface area contributed by atoms with Crippen LogP contribution < -0.4 is 10.6 Å². The van der Waals surface area contributed by atoms with Gasteiger partial charge in [-0.1, -0.05) is 0 Å². The lowest BCUT2D eigenvalue weighted by Gasteiger charge is -2.11. The van der Waals surface area contributed by atoms with Crippen LogP contribution >= 0.6 is 11.3 Å². The van der Waals surface area contributed by atoms with Crippen LogP contribution in [0.25, 0.3) is 0 Å². The molecule has 0 atom stereocenters. The number of benzene rings is 1. The van der Waals surface area contributed by atoms with E-state index in [4.69, 9.17) is 0 Å². The maximum Gasteiger partial charge on any atom is 0.258 e. The normalized spacial score (nSPS) is 13.2. The van der Waals surface area contributed by atoms with Crippen molar-refractivity contribution in [2.45, 2.75) is 13.8 Å². The number of hydrogen-bond donors (Lipinski definition) is 2. The van der Waals surface area contributed by atoms with Gasteiger partial charge in [0.05, 0.1) is 22.6 Å². The third-order valence-corrected chi connectivity index (χ3v) is 3.80. The number of fused-ring (bicyclic) bond motifs is 2. The molecule has 0 saturated heterocycles. The van der Waals surface area contributed by atoms with Crippen LogP contribution in [0, 0.1) is 13.8 Å². The van der Waals surface area contributed by atoms with E-state index in [0.29, 0.717) is 5.56 Å². The van der Waals surface area contributed by atoms with Crippen LogP contribution in [-0.4, -0.2) is 5.91 Å². The highest BCUT2D eigenvalue weighted by atomic mass is 32.1. The number of hydrogen-bond acceptors (Lipinski definition) is 3. The Bertz CT molecular complexity index is 616. The van der Waals surface area contributed by atoms with Gasteiger partial charge >= 0.3 is 0 Å². The lowest BCUT2D eigenvalue weighted by Crippen LogP contribution is -2.09. The standard InChI is InChI=1S/C13H12N2OS/c1-7-3-10-11(4-8(7)2)15-13(16)9-5-17-6-12(9)14-10/h3-6,14H,1-2H3,(H,15,16). The Balaban J connectivity index is 2.18. The van der Waals surface area contributed by atoms with Gasteiger partial charge in [0, 0.05) is 10.8 Å². The molecule has 1 amide bonds. The topological polar surface area (TPSA) is 41.1 Å². The summed E-state index contributed by atoms with van der Waals surface area (Å²) in [6.07, 6.45) is 0. The highest BCUT2D eigenvalue weighted by Crippen LogP contribution is 2.35. The van der Waals surface area contributed by atoms with Crippen LogP contribution in [-0.2, 0) is 0 Å². The molecule has 2 aromatic rings. The second-order valence-corrected chi connectivity index (χ2v) is 5.00. The second-order valence-electron chi connectivity index (χ2n) is 4.26. The number of anilines is 3. The van der Waals surface area contributed by atoms with Gasteiger partial charge in [-0.15, -0.1) is 11.3 Å². The van der Waals surface area contributed by atoms with Crippen LogP contribution in [0.5, 0.6) is 0 Å². The van der Waals surface area contributed by atoms with Crippen molar-refractivity contribution in [1.82, 2.24) is 0 Å². The van der Waals surface area contributed by atoms with Crippen molar-refractivity contribution >= 4 is 34.3 Å². The van der Waals surface area contributed by atoms with Crippen molar-refractivity contribution in [1.29, 1.82) is 0 Å². The Morgan fingerprint density at radius 1 is 0.941 bits per heavy atom. The summed E-state index contributed by atoms with van der Waals surface area (Å²) in [6, 6.07) is 4.07. The molecule has 1 aromatic carbocycles. The zero-order valence-corrected chi connectivity index (χ0v) is 10.4. The lowest BCUT2D eigenvalue weighted by atomic mass is 10.1. The number of nitrogens with one attached hydrogen (secondary N) is 2. The Morgan fingerprint density at radius 2 is 1.59 bits per heavy atom. The molecule has 0 radical (unpaired) electrons. The molecule has 1 aliphatic rings. The van der Waals surface area contributed by atoms with E-state index < -0.39 is 0 Å². The van der Waals surface area contributed by atoms with Gasteiger partial charge in [-0.3, -0.25) is 4.79 Å². The van der Waals surface area contributed by atoms with Gasteiger partial charge in [0.15, 0.2) is 0 Å². The van der Waals surface area contributed by atoms with Crippen LogP contribution in [0.4, 0.5) is 17.1 Å². The summed E-state index contributed by atoms with van der Waals surface area (Å²) in [5, 5.41) is 10.1. The lowest BCUT2D eigenvalue weighted by molar-refractivity contribution is 0.102. The number of amides is 1. The summed E-state index contributed by atoms with van der Waals surface area (Å²) in [6.45, 7) is 4.11. The summed E-state index contributed by atoms with van der Waals surface area (Å²) in [5.41, 5.74) is 5.79. The number of aryl methyl sites for hydroxylation is 2. The van der Waals surface area contributed by atoms with E-state index in [1.54, 1.807) is 0 Å². The molecule has 3 nitrogen and oxygen atoms in total. The quantitative estimate of drug-likeness (QED) is 0.742. The molecule has 1 aliphatic heterocycles. The van der Waals surface area contributed by atoms with Crippen LogP contribution in [0.2, 0.25) is 0 Å². The minimum absolute atomic E-state index is 0.0456. The van der Waals surface area contributed by atoms with Gasteiger partial charge in [0.2, 0.25) is 0 Å². The molecule has 0 fully saturated rings. The summed E-state index contributed by atoms with van der Waals surface area (Å²) in [4.78, 5) is 12.0. The Kier molecular flexibility index (Phi) is 2.19. The van der Waals surface area contributed by atoms with Crippen molar-refractivity contribution in [3.8, 4) is 0 Å². The van der Waals surface area contributed by atoms with E-state index in [0.717, 1.165) is 17.1 Å². The third kappa shape index (κ3) is 1.61. The number of carbonyl (C=O) groups excluding carboxylic acids is 1. The molecule has 2 heterocycles. The van der Waals surface area contributed by atoms with E-state index in [2.05, 4.69) is 23.6 Å². The first-order valence-electron chi connectivity index (χ1n) is 5.41. The molecule has 86 valence electrons. The van der Waals surface area contributed by atoms with E-state index in [-0.39, 0.29) is 5.91 Å². The maximum absolute atomic E-state index is 12.0. The Morgan fingerprint density at radius 3 is 2.29 bits per heavy atom. The Labute approximate surface area is 103 Å². The molecular formula is C13H12N2OS. The van der Waals surface area contributed by atoms with E-state index in [1.165, 1.54) is 22.5 Å². The maximum atomic E-state index is 12.0. The Hall–Kier alpha value is -1.81. The first-order valence-corrected chi connectivity index (χ1v) is 6.35. The molecule has 4 heteroatoms. The molecule has 0 aliphatic carbocycles. The van der Waals surface area contributed by atoms with Gasteiger partial charge in [-0.2, -0.15) is 0 Å². The first-order chi connectivity index (χ1) is 8.15. The fourth-order valence-electron chi connectivity index (χ4n) is 1.93. The fourth-order valence-corrected chi connectivity index (χ4v) is 2.69. The highest BCUT2D eigenvalue weighted by Gasteiger charge is 2.19. The van der Waals surface area contributed by atoms with Gasteiger partial charge in [0.1, 0.15) is 0 Å². The molecular weight excluding hydrogens is 232 g/mol. The largest absolute Gasteiger partial charge is 0.352 e. The summed E-state index contributed by atoms with van der Waals surface area (Å²) in [7, 11) is 0. The molecule has 0 spiro atoms. The van der Waals surface area contributed by atoms with Gasteiger partial charge < -0.3 is 10.6 Å². The van der Waals surface area contributed by atoms with Crippen molar-refractivity contribution in [2.75, 3.05) is 10.6 Å². The van der Waals surface area contributed by atoms with E-state index in [9.17, 15) is 4.79 Å². The smallest absolute Gasteiger partial charge is 0.258 e. The fraction of sp³-hybridized carbons (Fsp3) is 0.154. The molecule has 3 rings (SSSR count). The predicted octanol–water partition coefficient (Wildman–Crippen LogP) is 3.67. The molecule has 2 N–H and O–H groups in total. The van der Waals surface area contributed by atoms with Crippen molar-refractivity contribution < 1.29 is 4.79 Å². The molecule has 17 heavy (non-hydrogen) atoms. The van der Waals surface area contributed by atoms with Crippen molar-refractivity contribution in [2.24, 2.45) is 0 Å². The molecule has 0 bridgehead atoms. The number of rotatable bonds is 0. The predicted molar refractivity (Wildman–Crippen MR) is 71.5 cm³/mol. The van der Waals surface area contributed by atoms with Crippen LogP contribution in [0.1, 0.15) is 21.5 Å². The minimum Gasteiger partial charge on any atom is -0.352 e. The third-order valence-electron chi connectivity index (χ3n) is 3.06. The van der Waals surface area contributed by atoms with Crippen molar-refractivity contribution in [3.05, 3.63) is 39.6 Å². The SMILES string of the molecule is Cc1cc2c(cc1C)Nc1cscc1C(=O)N2. The van der Waals surface area contributed by atoms with Crippen molar-refractivity contribution in [3.63, 3.8) is 0 Å². The highest BCUT2D eigenvalue weighted by molar-refractivity contribution is 7.08. The average molecular weight is 244 g/mol. The summed E-state index contributed by atoms with van der Waals surface area (Å²) in [5.74, 6) is -0.0456. The number of carbonyl (C=O) groups is 1. The molecule has 0 unspecified atom stereocenters. The average Bonchev–Trinajstić information content (AvgIpc) is 2.69. The first kappa shape index (κ1) is 10.4. The molecule has 0 saturated carbocycles. The van der Waals surface area contributed by atoms with Crippen LogP contribution in [0.15, 0.2) is 22.9 Å². The zero-order chi connectivity index (χ0) is 12.0. The van der Waals surface area contributed by atoms with Crippen LogP contribution in [0.3, 0.4) is 0 Å². The summed E-state index contributed by atoms with van der Waals surface area (Å²) >= 11 is 1.53. The van der Waals surface area contributed by atoms with E-state index in [1.807, 2.05) is 23.8 Å². The van der Waals surface area contributed by atoms with Gasteiger partial charge in [0.25, 0.3) is 5.91 Å². The van der Waals surface area contributed by atoms with E-state index >= 15 is 0 Å². The van der Waals surface area contributed by atoms with Gasteiger partial charge in [-0.05, 0) is 37.1 Å². The summed E-state index contributed by atoms with van der Waals surface area (Å²) < 4.78 is 0. The second kappa shape index (κ2) is 3.60. The monoisotopic (exact) mass is 244 g/mol. The van der Waals surface area contributed by atoms with Gasteiger partial charge in [-0.25, -0.2) is 0 Å².